The first kappa shape index (κ1) is 25.0. The smallest absolute Gasteiger partial charge is 0.217 e. The number of nitrogens with one attached hydrogen (secondary N) is 1. The van der Waals surface area contributed by atoms with E-state index >= 15 is 0 Å². The molecule has 0 aromatic carbocycles. The number of carbonyl (C=O) groups excluding carboxylic acids is 2. The van der Waals surface area contributed by atoms with Gasteiger partial charge in [-0.15, -0.1) is 0 Å². The minimum atomic E-state index is -1.32. The molecule has 1 amide bonds. The van der Waals surface area contributed by atoms with Gasteiger partial charge in [-0.3, -0.25) is 9.59 Å². The van der Waals surface area contributed by atoms with Gasteiger partial charge in [0.05, 0.1) is 13.2 Å². The summed E-state index contributed by atoms with van der Waals surface area (Å²) < 4.78 is 11.3. The third-order valence-electron chi connectivity index (χ3n) is 5.14. The largest absolute Gasteiger partial charge is 0.394 e. The van der Waals surface area contributed by atoms with Gasteiger partial charge in [0, 0.05) is 19.3 Å². The Balaban J connectivity index is 2.53. The minimum absolute atomic E-state index is 0.0523. The first-order chi connectivity index (χ1) is 13.1. The normalized spacial score (nSPS) is 30.1. The predicted molar refractivity (Wildman–Crippen MR) is 103 cm³/mol. The van der Waals surface area contributed by atoms with Gasteiger partial charge in [-0.25, -0.2) is 0 Å². The summed E-state index contributed by atoms with van der Waals surface area (Å²) in [6, 6.07) is -0.923. The zero-order valence-corrected chi connectivity index (χ0v) is 17.6. The van der Waals surface area contributed by atoms with Gasteiger partial charge < -0.3 is 30.1 Å². The minimum Gasteiger partial charge on any atom is -0.394 e. The van der Waals surface area contributed by atoms with Crippen LogP contribution >= 0.6 is 0 Å². The number of hydrogen-bond donors (Lipinski definition) is 4. The van der Waals surface area contributed by atoms with Crippen molar-refractivity contribution in [2.24, 2.45) is 17.8 Å². The van der Waals surface area contributed by atoms with Gasteiger partial charge in [-0.2, -0.15) is 0 Å². The summed E-state index contributed by atoms with van der Waals surface area (Å²) >= 11 is 0. The van der Waals surface area contributed by atoms with Crippen molar-refractivity contribution < 1.29 is 34.4 Å². The van der Waals surface area contributed by atoms with Crippen LogP contribution in [0.25, 0.3) is 0 Å². The van der Waals surface area contributed by atoms with Crippen molar-refractivity contribution in [3.8, 4) is 0 Å². The van der Waals surface area contributed by atoms with Crippen molar-refractivity contribution in [2.45, 2.75) is 84.5 Å². The molecule has 28 heavy (non-hydrogen) atoms. The highest BCUT2D eigenvalue weighted by Crippen LogP contribution is 2.24. The molecule has 0 spiro atoms. The van der Waals surface area contributed by atoms with Crippen LogP contribution in [-0.4, -0.2) is 70.9 Å². The highest BCUT2D eigenvalue weighted by Gasteiger charge is 2.45. The first-order valence-corrected chi connectivity index (χ1v) is 10.1. The summed E-state index contributed by atoms with van der Waals surface area (Å²) in [5.41, 5.74) is 0. The zero-order valence-electron chi connectivity index (χ0n) is 17.6. The Kier molecular flexibility index (Phi) is 10.5. The maximum atomic E-state index is 11.9. The van der Waals surface area contributed by atoms with E-state index < -0.39 is 37.3 Å². The summed E-state index contributed by atoms with van der Waals surface area (Å²) in [4.78, 5) is 23.3. The van der Waals surface area contributed by atoms with Gasteiger partial charge in [0.15, 0.2) is 6.29 Å². The fourth-order valence-electron chi connectivity index (χ4n) is 3.47. The van der Waals surface area contributed by atoms with Gasteiger partial charge >= 0.3 is 0 Å². The van der Waals surface area contributed by atoms with E-state index in [1.807, 2.05) is 13.8 Å². The molecule has 0 aromatic heterocycles. The average molecular weight is 404 g/mol. The molecule has 1 heterocycles. The SMILES string of the molecule is CC(=O)N[C@H]1C(O)[C@@H](O)C(CO)O[C@H]1OCCC(C)CC(C)CC(=O)C(C)C. The van der Waals surface area contributed by atoms with Crippen molar-refractivity contribution in [2.75, 3.05) is 13.2 Å². The lowest BCUT2D eigenvalue weighted by Crippen LogP contribution is -2.64. The topological polar surface area (TPSA) is 125 Å². The lowest BCUT2D eigenvalue weighted by atomic mass is 9.89. The third kappa shape index (κ3) is 7.75. The quantitative estimate of drug-likeness (QED) is 0.398. The second-order valence-corrected chi connectivity index (χ2v) is 8.36. The van der Waals surface area contributed by atoms with Crippen LogP contribution in [0.5, 0.6) is 0 Å². The number of hydrogen-bond acceptors (Lipinski definition) is 7. The Bertz CT molecular complexity index is 499. The van der Waals surface area contributed by atoms with E-state index in [2.05, 4.69) is 19.2 Å². The summed E-state index contributed by atoms with van der Waals surface area (Å²) in [6.45, 7) is 9.13. The van der Waals surface area contributed by atoms with Gasteiger partial charge in [0.1, 0.15) is 30.1 Å². The Morgan fingerprint density at radius 3 is 2.29 bits per heavy atom. The zero-order chi connectivity index (χ0) is 21.4. The third-order valence-corrected chi connectivity index (χ3v) is 5.14. The molecular weight excluding hydrogens is 366 g/mol. The van der Waals surface area contributed by atoms with Gasteiger partial charge in [-0.1, -0.05) is 27.7 Å². The van der Waals surface area contributed by atoms with E-state index in [1.165, 1.54) is 6.92 Å². The van der Waals surface area contributed by atoms with E-state index in [9.17, 15) is 24.9 Å². The molecule has 1 aliphatic heterocycles. The van der Waals surface area contributed by atoms with E-state index in [0.717, 1.165) is 12.8 Å². The van der Waals surface area contributed by atoms with Gasteiger partial charge in [0.25, 0.3) is 0 Å². The molecule has 0 radical (unpaired) electrons. The number of Topliss-reactive ketones (excluding diaryl/α,β-unsaturated/α-hetero) is 1. The Morgan fingerprint density at radius 1 is 1.11 bits per heavy atom. The highest BCUT2D eigenvalue weighted by atomic mass is 16.7. The molecule has 1 fully saturated rings. The van der Waals surface area contributed by atoms with Crippen molar-refractivity contribution in [1.29, 1.82) is 0 Å². The maximum Gasteiger partial charge on any atom is 0.217 e. The Morgan fingerprint density at radius 2 is 1.75 bits per heavy atom. The fourth-order valence-corrected chi connectivity index (χ4v) is 3.47. The second-order valence-electron chi connectivity index (χ2n) is 8.36. The number of aliphatic hydroxyl groups is 3. The molecule has 1 aliphatic rings. The van der Waals surface area contributed by atoms with Crippen LogP contribution in [0.3, 0.4) is 0 Å². The Labute approximate surface area is 167 Å². The van der Waals surface area contributed by atoms with Crippen LogP contribution in [-0.2, 0) is 19.1 Å². The summed E-state index contributed by atoms with van der Waals surface area (Å²) in [5, 5.41) is 32.1. The van der Waals surface area contributed by atoms with E-state index in [1.54, 1.807) is 0 Å². The maximum absolute atomic E-state index is 11.9. The average Bonchev–Trinajstić information content (AvgIpc) is 2.60. The molecule has 0 aromatic rings. The molecular formula is C20H37NO7. The van der Waals surface area contributed by atoms with Crippen LogP contribution in [0.15, 0.2) is 0 Å². The van der Waals surface area contributed by atoms with E-state index in [4.69, 9.17) is 9.47 Å². The highest BCUT2D eigenvalue weighted by molar-refractivity contribution is 5.80. The molecule has 0 aliphatic carbocycles. The monoisotopic (exact) mass is 403 g/mol. The van der Waals surface area contributed by atoms with Crippen molar-refractivity contribution in [1.82, 2.24) is 5.32 Å². The molecule has 8 nitrogen and oxygen atoms in total. The summed E-state index contributed by atoms with van der Waals surface area (Å²) in [6.07, 6.45) is -2.39. The summed E-state index contributed by atoms with van der Waals surface area (Å²) in [5.74, 6) is 0.553. The van der Waals surface area contributed by atoms with Crippen LogP contribution < -0.4 is 5.32 Å². The fraction of sp³-hybridized carbons (Fsp3) is 0.900. The van der Waals surface area contributed by atoms with Crippen LogP contribution in [0.1, 0.15) is 53.9 Å². The van der Waals surface area contributed by atoms with E-state index in [-0.39, 0.29) is 17.6 Å². The van der Waals surface area contributed by atoms with E-state index in [0.29, 0.717) is 24.9 Å². The molecule has 1 saturated heterocycles. The van der Waals surface area contributed by atoms with Gasteiger partial charge in [0.2, 0.25) is 5.91 Å². The molecule has 7 atom stereocenters. The lowest BCUT2D eigenvalue weighted by molar-refractivity contribution is -0.270. The van der Waals surface area contributed by atoms with Crippen molar-refractivity contribution in [3.05, 3.63) is 0 Å². The number of ketones is 1. The molecule has 0 bridgehead atoms. The standard InChI is InChI=1S/C20H37NO7/c1-11(2)15(24)9-13(4)8-12(3)6-7-27-20-17(21-14(5)23)19(26)18(25)16(10-22)28-20/h11-13,16-20,22,25-26H,6-10H2,1-5H3,(H,21,23)/t12?,13?,16?,17-,18-,19?,20+/m0/s1. The number of ether oxygens (including phenoxy) is 2. The molecule has 8 heteroatoms. The number of carbonyl (C=O) groups is 2. The number of rotatable bonds is 11. The molecule has 0 saturated carbocycles. The molecule has 164 valence electrons. The molecule has 4 unspecified atom stereocenters. The first-order valence-electron chi connectivity index (χ1n) is 10.1. The Hall–Kier alpha value is -1.06. The summed E-state index contributed by atoms with van der Waals surface area (Å²) in [7, 11) is 0. The van der Waals surface area contributed by atoms with Crippen molar-refractivity contribution >= 4 is 11.7 Å². The van der Waals surface area contributed by atoms with Crippen LogP contribution in [0.2, 0.25) is 0 Å². The van der Waals surface area contributed by atoms with Crippen LogP contribution in [0, 0.1) is 17.8 Å². The number of aliphatic hydroxyl groups excluding tert-OH is 3. The lowest BCUT2D eigenvalue weighted by Gasteiger charge is -2.42. The molecule has 4 N–H and O–H groups in total. The number of amides is 1. The molecule has 1 rings (SSSR count). The van der Waals surface area contributed by atoms with Crippen LogP contribution in [0.4, 0.5) is 0 Å². The predicted octanol–water partition coefficient (Wildman–Crippen LogP) is 0.614. The second kappa shape index (κ2) is 11.8. The van der Waals surface area contributed by atoms with Crippen molar-refractivity contribution in [3.63, 3.8) is 0 Å². The van der Waals surface area contributed by atoms with Gasteiger partial charge in [-0.05, 0) is 24.7 Å².